The number of aryl methyl sites for hydroxylation is 1. The smallest absolute Gasteiger partial charge is 0.414 e. The van der Waals surface area contributed by atoms with E-state index in [9.17, 15) is 14.4 Å². The lowest BCUT2D eigenvalue weighted by molar-refractivity contribution is -0.115. The lowest BCUT2D eigenvalue weighted by Gasteiger charge is -2.07. The zero-order valence-corrected chi connectivity index (χ0v) is 16.2. The van der Waals surface area contributed by atoms with Gasteiger partial charge >= 0.3 is 6.09 Å². The fraction of sp³-hybridized carbons (Fsp3) is 0.278. The number of carbonyl (C=O) groups excluding carboxylic acids is 3. The second-order valence-corrected chi connectivity index (χ2v) is 7.38. The summed E-state index contributed by atoms with van der Waals surface area (Å²) in [5, 5.41) is 6.93. The Bertz CT molecular complexity index is 772. The van der Waals surface area contributed by atoms with Crippen molar-refractivity contribution in [2.24, 2.45) is 0 Å². The van der Waals surface area contributed by atoms with Gasteiger partial charge in [-0.05, 0) is 37.4 Å². The van der Waals surface area contributed by atoms with Crippen LogP contribution < -0.4 is 10.6 Å². The molecule has 1 aromatic carbocycles. The Morgan fingerprint density at radius 2 is 1.88 bits per heavy atom. The van der Waals surface area contributed by atoms with E-state index >= 15 is 0 Å². The van der Waals surface area contributed by atoms with Gasteiger partial charge in [0.25, 0.3) is 5.91 Å². The van der Waals surface area contributed by atoms with Crippen molar-refractivity contribution in [3.8, 4) is 0 Å². The summed E-state index contributed by atoms with van der Waals surface area (Å²) in [6.45, 7) is 3.85. The van der Waals surface area contributed by atoms with Gasteiger partial charge in [-0.2, -0.15) is 0 Å². The van der Waals surface area contributed by atoms with Crippen molar-refractivity contribution in [1.29, 1.82) is 0 Å². The summed E-state index contributed by atoms with van der Waals surface area (Å²) in [5.74, 6) is -0.156. The number of imide groups is 1. The molecule has 2 N–H and O–H groups in total. The molecule has 8 heteroatoms. The Morgan fingerprint density at radius 1 is 1.15 bits per heavy atom. The summed E-state index contributed by atoms with van der Waals surface area (Å²) >= 11 is 2.82. The van der Waals surface area contributed by atoms with Crippen LogP contribution in [0.1, 0.15) is 29.3 Å². The Morgan fingerprint density at radius 3 is 2.58 bits per heavy atom. The van der Waals surface area contributed by atoms with Crippen LogP contribution in [-0.2, 0) is 9.53 Å². The van der Waals surface area contributed by atoms with E-state index in [2.05, 4.69) is 15.4 Å². The Kier molecular flexibility index (Phi) is 7.68. The number of amides is 3. The van der Waals surface area contributed by atoms with E-state index in [0.717, 1.165) is 4.90 Å². The molecule has 0 aliphatic rings. The number of anilines is 1. The number of alkyl carbamates (subject to hydrolysis) is 1. The zero-order valence-electron chi connectivity index (χ0n) is 14.5. The monoisotopic (exact) mass is 392 g/mol. The Balaban J connectivity index is 1.83. The molecular formula is C18H20N2O4S2. The highest BCUT2D eigenvalue weighted by Crippen LogP contribution is 2.24. The van der Waals surface area contributed by atoms with E-state index < -0.39 is 12.0 Å². The van der Waals surface area contributed by atoms with Gasteiger partial charge in [-0.1, -0.05) is 17.7 Å². The van der Waals surface area contributed by atoms with Gasteiger partial charge in [0.15, 0.2) is 0 Å². The predicted octanol–water partition coefficient (Wildman–Crippen LogP) is 4.06. The summed E-state index contributed by atoms with van der Waals surface area (Å²) in [6, 6.07) is 9.66. The molecule has 138 valence electrons. The van der Waals surface area contributed by atoms with Crippen LogP contribution in [0.4, 0.5) is 9.80 Å². The largest absolute Gasteiger partial charge is 0.450 e. The molecule has 0 saturated carbocycles. The molecule has 0 saturated heterocycles. The predicted molar refractivity (Wildman–Crippen MR) is 104 cm³/mol. The minimum absolute atomic E-state index is 0.172. The fourth-order valence-corrected chi connectivity index (χ4v) is 3.65. The number of benzene rings is 1. The molecular weight excluding hydrogens is 372 g/mol. The Hall–Kier alpha value is -2.32. The van der Waals surface area contributed by atoms with Crippen LogP contribution in [0, 0.1) is 6.92 Å². The highest BCUT2D eigenvalue weighted by Gasteiger charge is 2.17. The van der Waals surface area contributed by atoms with Crippen LogP contribution >= 0.6 is 23.1 Å². The normalized spacial score (nSPS) is 10.2. The Labute approximate surface area is 160 Å². The van der Waals surface area contributed by atoms with Crippen LogP contribution in [0.5, 0.6) is 0 Å². The fourth-order valence-electron chi connectivity index (χ4n) is 2.00. The maximum Gasteiger partial charge on any atom is 0.414 e. The maximum absolute atomic E-state index is 12.1. The number of rotatable bonds is 7. The number of nitrogens with one attached hydrogen (secondary N) is 2. The quantitative estimate of drug-likeness (QED) is 0.694. The molecule has 26 heavy (non-hydrogen) atoms. The molecule has 0 atom stereocenters. The van der Waals surface area contributed by atoms with Gasteiger partial charge in [0.2, 0.25) is 5.91 Å². The molecule has 0 radical (unpaired) electrons. The van der Waals surface area contributed by atoms with Gasteiger partial charge in [0.1, 0.15) is 5.00 Å². The first kappa shape index (κ1) is 20.0. The number of thiophene rings is 1. The van der Waals surface area contributed by atoms with E-state index in [1.165, 1.54) is 16.9 Å². The molecule has 1 aromatic heterocycles. The van der Waals surface area contributed by atoms with Crippen LogP contribution in [0.25, 0.3) is 0 Å². The summed E-state index contributed by atoms with van der Waals surface area (Å²) in [5.41, 5.74) is 1.43. The van der Waals surface area contributed by atoms with Gasteiger partial charge in [0, 0.05) is 17.1 Å². The van der Waals surface area contributed by atoms with E-state index in [0.29, 0.717) is 17.2 Å². The van der Waals surface area contributed by atoms with Crippen LogP contribution in [0.15, 0.2) is 40.6 Å². The molecule has 0 unspecified atom stereocenters. The number of carbonyl (C=O) groups is 3. The molecule has 0 spiro atoms. The van der Waals surface area contributed by atoms with Gasteiger partial charge in [0.05, 0.1) is 12.2 Å². The SMILES string of the molecule is CCOC(=O)NC(=O)c1ccsc1NC(=O)CCSc1ccc(C)cc1. The van der Waals surface area contributed by atoms with E-state index in [4.69, 9.17) is 0 Å². The molecule has 0 aliphatic carbocycles. The van der Waals surface area contributed by atoms with Crippen LogP contribution in [-0.4, -0.2) is 30.3 Å². The zero-order chi connectivity index (χ0) is 18.9. The third-order valence-electron chi connectivity index (χ3n) is 3.27. The topological polar surface area (TPSA) is 84.5 Å². The first-order valence-electron chi connectivity index (χ1n) is 8.04. The summed E-state index contributed by atoms with van der Waals surface area (Å²) in [6.07, 6.45) is -0.495. The van der Waals surface area contributed by atoms with Gasteiger partial charge in [-0.25, -0.2) is 4.79 Å². The second-order valence-electron chi connectivity index (χ2n) is 5.30. The van der Waals surface area contributed by atoms with Crippen molar-refractivity contribution >= 4 is 46.0 Å². The molecule has 2 aromatic rings. The number of hydrogen-bond donors (Lipinski definition) is 2. The summed E-state index contributed by atoms with van der Waals surface area (Å²) < 4.78 is 4.68. The minimum Gasteiger partial charge on any atom is -0.450 e. The van der Waals surface area contributed by atoms with Crippen molar-refractivity contribution < 1.29 is 19.1 Å². The van der Waals surface area contributed by atoms with E-state index in [-0.39, 0.29) is 18.1 Å². The third-order valence-corrected chi connectivity index (χ3v) is 5.12. The van der Waals surface area contributed by atoms with Crippen molar-refractivity contribution in [2.45, 2.75) is 25.2 Å². The van der Waals surface area contributed by atoms with Crippen molar-refractivity contribution in [3.63, 3.8) is 0 Å². The lowest BCUT2D eigenvalue weighted by atomic mass is 10.2. The highest BCUT2D eigenvalue weighted by atomic mass is 32.2. The van der Waals surface area contributed by atoms with Crippen LogP contribution in [0.3, 0.4) is 0 Å². The first-order chi connectivity index (χ1) is 12.5. The molecule has 3 amide bonds. The second kappa shape index (κ2) is 9.98. The van der Waals surface area contributed by atoms with Gasteiger partial charge in [-0.3, -0.25) is 14.9 Å². The third kappa shape index (κ3) is 6.20. The number of hydrogen-bond acceptors (Lipinski definition) is 6. The summed E-state index contributed by atoms with van der Waals surface area (Å²) in [7, 11) is 0. The van der Waals surface area contributed by atoms with Gasteiger partial charge in [-0.15, -0.1) is 23.1 Å². The number of thioether (sulfide) groups is 1. The average molecular weight is 393 g/mol. The molecule has 1 heterocycles. The highest BCUT2D eigenvalue weighted by molar-refractivity contribution is 7.99. The molecule has 0 bridgehead atoms. The van der Waals surface area contributed by atoms with Crippen molar-refractivity contribution in [1.82, 2.24) is 5.32 Å². The summed E-state index contributed by atoms with van der Waals surface area (Å²) in [4.78, 5) is 36.6. The van der Waals surface area contributed by atoms with Crippen molar-refractivity contribution in [2.75, 3.05) is 17.7 Å². The van der Waals surface area contributed by atoms with E-state index in [1.54, 1.807) is 30.1 Å². The van der Waals surface area contributed by atoms with Crippen LogP contribution in [0.2, 0.25) is 0 Å². The standard InChI is InChI=1S/C18H20N2O4S2/c1-3-24-18(23)20-16(22)14-8-10-26-17(14)19-15(21)9-11-25-13-6-4-12(2)5-7-13/h4-8,10H,3,9,11H2,1-2H3,(H,19,21)(H,20,22,23). The molecule has 2 rings (SSSR count). The number of ether oxygens (including phenoxy) is 1. The van der Waals surface area contributed by atoms with Gasteiger partial charge < -0.3 is 10.1 Å². The minimum atomic E-state index is -0.810. The molecule has 0 fully saturated rings. The molecule has 6 nitrogen and oxygen atoms in total. The van der Waals surface area contributed by atoms with E-state index in [1.807, 2.05) is 31.2 Å². The lowest BCUT2D eigenvalue weighted by Crippen LogP contribution is -2.31. The average Bonchev–Trinajstić information content (AvgIpc) is 3.05. The molecule has 0 aliphatic heterocycles. The maximum atomic E-state index is 12.1. The first-order valence-corrected chi connectivity index (χ1v) is 9.91. The van der Waals surface area contributed by atoms with Crippen molar-refractivity contribution in [3.05, 3.63) is 46.8 Å².